The Morgan fingerprint density at radius 1 is 1.38 bits per heavy atom. The van der Waals surface area contributed by atoms with Crippen LogP contribution in [0.5, 0.6) is 5.75 Å². The Kier molecular flexibility index (Phi) is 5.26. The molecule has 1 aromatic rings. The van der Waals surface area contributed by atoms with E-state index >= 15 is 0 Å². The van der Waals surface area contributed by atoms with Crippen LogP contribution >= 0.6 is 0 Å². The molecule has 0 amide bonds. The summed E-state index contributed by atoms with van der Waals surface area (Å²) >= 11 is 0. The lowest BCUT2D eigenvalue weighted by Crippen LogP contribution is -2.39. The van der Waals surface area contributed by atoms with E-state index in [0.717, 1.165) is 18.5 Å². The maximum Gasteiger partial charge on any atom is 0.131 e. The van der Waals surface area contributed by atoms with Gasteiger partial charge in [0.15, 0.2) is 0 Å². The molecule has 2 nitrogen and oxygen atoms in total. The minimum atomic E-state index is -0.165. The van der Waals surface area contributed by atoms with Gasteiger partial charge in [0, 0.05) is 17.7 Å². The summed E-state index contributed by atoms with van der Waals surface area (Å²) in [5.41, 5.74) is 1.02. The van der Waals surface area contributed by atoms with Crippen molar-refractivity contribution in [3.63, 3.8) is 0 Å². The fourth-order valence-corrected chi connectivity index (χ4v) is 3.71. The zero-order valence-electron chi connectivity index (χ0n) is 13.7. The molecule has 0 radical (unpaired) electrons. The second-order valence-electron chi connectivity index (χ2n) is 6.76. The number of methoxy groups -OCH3 is 1. The van der Waals surface area contributed by atoms with E-state index in [0.29, 0.717) is 11.7 Å². The standard InChI is InChI=1S/C18H28FNO/c1-5-20-17(15-8-6-7-11-18(15,2)3)14-10-9-13(21-4)12-16(14)19/h9-10,12,15,17,20H,5-8,11H2,1-4H3. The average Bonchev–Trinajstić information content (AvgIpc) is 2.45. The van der Waals surface area contributed by atoms with Gasteiger partial charge in [0.2, 0.25) is 0 Å². The lowest BCUT2D eigenvalue weighted by Gasteiger charge is -2.43. The first kappa shape index (κ1) is 16.3. The van der Waals surface area contributed by atoms with Crippen LogP contribution in [0.2, 0.25) is 0 Å². The summed E-state index contributed by atoms with van der Waals surface area (Å²) in [5, 5.41) is 3.52. The molecule has 0 aromatic heterocycles. The highest BCUT2D eigenvalue weighted by Crippen LogP contribution is 2.47. The molecule has 2 unspecified atom stereocenters. The number of halogens is 1. The van der Waals surface area contributed by atoms with Crippen LogP contribution in [0.25, 0.3) is 0 Å². The topological polar surface area (TPSA) is 21.3 Å². The molecular weight excluding hydrogens is 265 g/mol. The molecule has 0 aliphatic heterocycles. The summed E-state index contributed by atoms with van der Waals surface area (Å²) in [4.78, 5) is 0. The summed E-state index contributed by atoms with van der Waals surface area (Å²) < 4.78 is 19.6. The number of hydrogen-bond donors (Lipinski definition) is 1. The van der Waals surface area contributed by atoms with Crippen LogP contribution in [0.4, 0.5) is 4.39 Å². The van der Waals surface area contributed by atoms with Crippen molar-refractivity contribution in [3.05, 3.63) is 29.6 Å². The summed E-state index contributed by atoms with van der Waals surface area (Å²) in [6.07, 6.45) is 4.91. The van der Waals surface area contributed by atoms with Crippen molar-refractivity contribution in [1.29, 1.82) is 0 Å². The molecule has 0 saturated heterocycles. The minimum absolute atomic E-state index is 0.0798. The van der Waals surface area contributed by atoms with Gasteiger partial charge < -0.3 is 10.1 Å². The summed E-state index contributed by atoms with van der Waals surface area (Å²) in [6.45, 7) is 7.58. The Labute approximate surface area is 128 Å². The van der Waals surface area contributed by atoms with Crippen molar-refractivity contribution in [2.45, 2.75) is 52.5 Å². The molecule has 1 fully saturated rings. The summed E-state index contributed by atoms with van der Waals surface area (Å²) in [6, 6.07) is 5.32. The molecule has 0 spiro atoms. The van der Waals surface area contributed by atoms with E-state index in [4.69, 9.17) is 4.74 Å². The van der Waals surface area contributed by atoms with Crippen LogP contribution in [0, 0.1) is 17.2 Å². The van der Waals surface area contributed by atoms with E-state index in [2.05, 4.69) is 26.1 Å². The van der Waals surface area contributed by atoms with Crippen LogP contribution in [-0.4, -0.2) is 13.7 Å². The number of rotatable bonds is 5. The second-order valence-corrected chi connectivity index (χ2v) is 6.76. The Balaban J connectivity index is 2.34. The highest BCUT2D eigenvalue weighted by atomic mass is 19.1. The van der Waals surface area contributed by atoms with Crippen molar-refractivity contribution in [2.24, 2.45) is 11.3 Å². The molecule has 2 rings (SSSR count). The second kappa shape index (κ2) is 6.78. The fourth-order valence-electron chi connectivity index (χ4n) is 3.71. The van der Waals surface area contributed by atoms with Crippen molar-refractivity contribution >= 4 is 0 Å². The molecule has 1 aromatic carbocycles. The van der Waals surface area contributed by atoms with Gasteiger partial charge in [0.1, 0.15) is 11.6 Å². The molecule has 118 valence electrons. The SMILES string of the molecule is CCNC(c1ccc(OC)cc1F)C1CCCCC1(C)C. The number of benzene rings is 1. The Morgan fingerprint density at radius 2 is 2.14 bits per heavy atom. The van der Waals surface area contributed by atoms with Crippen molar-refractivity contribution in [2.75, 3.05) is 13.7 Å². The zero-order chi connectivity index (χ0) is 15.5. The smallest absolute Gasteiger partial charge is 0.131 e. The van der Waals surface area contributed by atoms with E-state index in [1.165, 1.54) is 25.3 Å². The third-order valence-corrected chi connectivity index (χ3v) is 4.96. The third-order valence-electron chi connectivity index (χ3n) is 4.96. The highest BCUT2D eigenvalue weighted by molar-refractivity contribution is 5.31. The Morgan fingerprint density at radius 3 is 2.71 bits per heavy atom. The van der Waals surface area contributed by atoms with Crippen LogP contribution in [-0.2, 0) is 0 Å². The van der Waals surface area contributed by atoms with Gasteiger partial charge in [-0.3, -0.25) is 0 Å². The van der Waals surface area contributed by atoms with E-state index in [9.17, 15) is 4.39 Å². The minimum Gasteiger partial charge on any atom is -0.497 e. The lowest BCUT2D eigenvalue weighted by atomic mass is 9.64. The fraction of sp³-hybridized carbons (Fsp3) is 0.667. The molecule has 3 heteroatoms. The van der Waals surface area contributed by atoms with Gasteiger partial charge in [-0.2, -0.15) is 0 Å². The Hall–Kier alpha value is -1.09. The van der Waals surface area contributed by atoms with Gasteiger partial charge in [-0.25, -0.2) is 4.39 Å². The lowest BCUT2D eigenvalue weighted by molar-refractivity contribution is 0.0974. The van der Waals surface area contributed by atoms with Gasteiger partial charge in [-0.05, 0) is 36.8 Å². The first-order chi connectivity index (χ1) is 9.99. The van der Waals surface area contributed by atoms with Gasteiger partial charge in [0.25, 0.3) is 0 Å². The predicted molar refractivity (Wildman–Crippen MR) is 85.1 cm³/mol. The monoisotopic (exact) mass is 293 g/mol. The summed E-state index contributed by atoms with van der Waals surface area (Å²) in [5.74, 6) is 0.880. The third kappa shape index (κ3) is 3.57. The predicted octanol–water partition coefficient (Wildman–Crippen LogP) is 4.70. The van der Waals surface area contributed by atoms with E-state index in [1.54, 1.807) is 7.11 Å². The van der Waals surface area contributed by atoms with Crippen LogP contribution in [0.15, 0.2) is 18.2 Å². The zero-order valence-corrected chi connectivity index (χ0v) is 13.7. The quantitative estimate of drug-likeness (QED) is 0.849. The van der Waals surface area contributed by atoms with Gasteiger partial charge in [-0.15, -0.1) is 0 Å². The Bertz CT molecular complexity index is 472. The van der Waals surface area contributed by atoms with Crippen molar-refractivity contribution in [3.8, 4) is 5.75 Å². The average molecular weight is 293 g/mol. The number of ether oxygens (including phenoxy) is 1. The molecule has 1 N–H and O–H groups in total. The molecular formula is C18H28FNO. The molecule has 1 aliphatic rings. The van der Waals surface area contributed by atoms with Crippen molar-refractivity contribution < 1.29 is 9.13 Å². The number of hydrogen-bond acceptors (Lipinski definition) is 2. The van der Waals surface area contributed by atoms with Crippen LogP contribution in [0.1, 0.15) is 58.1 Å². The van der Waals surface area contributed by atoms with Crippen molar-refractivity contribution in [1.82, 2.24) is 5.32 Å². The van der Waals surface area contributed by atoms with Gasteiger partial charge in [0.05, 0.1) is 7.11 Å². The molecule has 0 bridgehead atoms. The highest BCUT2D eigenvalue weighted by Gasteiger charge is 2.38. The molecule has 1 saturated carbocycles. The normalized spacial score (nSPS) is 22.8. The van der Waals surface area contributed by atoms with Crippen LogP contribution in [0.3, 0.4) is 0 Å². The molecule has 1 aliphatic carbocycles. The van der Waals surface area contributed by atoms with E-state index < -0.39 is 0 Å². The molecule has 2 atom stereocenters. The van der Waals surface area contributed by atoms with E-state index in [1.807, 2.05) is 12.1 Å². The van der Waals surface area contributed by atoms with Crippen LogP contribution < -0.4 is 10.1 Å². The summed E-state index contributed by atoms with van der Waals surface area (Å²) in [7, 11) is 1.57. The molecule has 21 heavy (non-hydrogen) atoms. The maximum atomic E-state index is 14.5. The molecule has 0 heterocycles. The maximum absolute atomic E-state index is 14.5. The van der Waals surface area contributed by atoms with Gasteiger partial charge >= 0.3 is 0 Å². The first-order valence-corrected chi connectivity index (χ1v) is 8.06. The first-order valence-electron chi connectivity index (χ1n) is 8.06. The van der Waals surface area contributed by atoms with Gasteiger partial charge in [-0.1, -0.05) is 39.7 Å². The van der Waals surface area contributed by atoms with E-state index in [-0.39, 0.29) is 17.3 Å². The largest absolute Gasteiger partial charge is 0.497 e. The number of nitrogens with one attached hydrogen (secondary N) is 1.